The minimum absolute atomic E-state index is 0.167. The molecule has 0 aliphatic rings. The first-order chi connectivity index (χ1) is 10.1. The van der Waals surface area contributed by atoms with E-state index in [9.17, 15) is 8.42 Å². The van der Waals surface area contributed by atoms with Crippen molar-refractivity contribution in [1.29, 1.82) is 0 Å². The molecule has 7 heteroatoms. The zero-order valence-corrected chi connectivity index (χ0v) is 12.7. The molecule has 0 saturated carbocycles. The van der Waals surface area contributed by atoms with Gasteiger partial charge in [-0.25, -0.2) is 8.42 Å². The molecule has 0 fully saturated rings. The van der Waals surface area contributed by atoms with E-state index in [0.29, 0.717) is 11.6 Å². The van der Waals surface area contributed by atoms with Crippen molar-refractivity contribution < 1.29 is 13.2 Å². The molecule has 0 amide bonds. The summed E-state index contributed by atoms with van der Waals surface area (Å²) in [6, 6.07) is 13.7. The Morgan fingerprint density at radius 2 is 1.81 bits per heavy atom. The largest absolute Gasteiger partial charge is 0.497 e. The number of anilines is 1. The minimum atomic E-state index is -3.66. The van der Waals surface area contributed by atoms with Crippen molar-refractivity contribution >= 4 is 37.5 Å². The Bertz CT molecular complexity index is 871. The Kier molecular flexibility index (Phi) is 3.52. The smallest absolute Gasteiger partial charge is 0.263 e. The SMILES string of the molecule is COc1ccc(S(=O)(=O)Nc2nsc3ccccc23)cc1. The monoisotopic (exact) mass is 320 g/mol. The highest BCUT2D eigenvalue weighted by Crippen LogP contribution is 2.28. The van der Waals surface area contributed by atoms with Gasteiger partial charge in [0.2, 0.25) is 0 Å². The molecular weight excluding hydrogens is 308 g/mol. The van der Waals surface area contributed by atoms with Gasteiger partial charge >= 0.3 is 0 Å². The first-order valence-corrected chi connectivity index (χ1v) is 8.37. The van der Waals surface area contributed by atoms with Crippen LogP contribution in [0.5, 0.6) is 5.75 Å². The first-order valence-electron chi connectivity index (χ1n) is 6.11. The molecule has 1 heterocycles. The van der Waals surface area contributed by atoms with E-state index < -0.39 is 10.0 Å². The number of nitrogens with zero attached hydrogens (tertiary/aromatic N) is 1. The van der Waals surface area contributed by atoms with Gasteiger partial charge in [0.05, 0.1) is 16.7 Å². The van der Waals surface area contributed by atoms with Crippen molar-refractivity contribution in [3.8, 4) is 5.75 Å². The van der Waals surface area contributed by atoms with Crippen LogP contribution < -0.4 is 9.46 Å². The van der Waals surface area contributed by atoms with Gasteiger partial charge in [-0.15, -0.1) is 0 Å². The third kappa shape index (κ3) is 2.70. The predicted octanol–water partition coefficient (Wildman–Crippen LogP) is 3.11. The molecule has 108 valence electrons. The summed E-state index contributed by atoms with van der Waals surface area (Å²) < 4.78 is 37.4. The van der Waals surface area contributed by atoms with Gasteiger partial charge in [0, 0.05) is 5.39 Å². The van der Waals surface area contributed by atoms with E-state index in [-0.39, 0.29) is 4.90 Å². The van der Waals surface area contributed by atoms with Gasteiger partial charge in [-0.3, -0.25) is 4.72 Å². The van der Waals surface area contributed by atoms with E-state index >= 15 is 0 Å². The fraction of sp³-hybridized carbons (Fsp3) is 0.0714. The van der Waals surface area contributed by atoms with Crippen molar-refractivity contribution in [2.75, 3.05) is 11.8 Å². The lowest BCUT2D eigenvalue weighted by atomic mass is 10.3. The molecule has 0 radical (unpaired) electrons. The molecule has 5 nitrogen and oxygen atoms in total. The highest BCUT2D eigenvalue weighted by molar-refractivity contribution is 7.92. The lowest BCUT2D eigenvalue weighted by molar-refractivity contribution is 0.414. The third-order valence-corrected chi connectivity index (χ3v) is 5.16. The first kappa shape index (κ1) is 13.8. The Morgan fingerprint density at radius 3 is 2.52 bits per heavy atom. The van der Waals surface area contributed by atoms with Crippen LogP contribution >= 0.6 is 11.5 Å². The van der Waals surface area contributed by atoms with Crippen LogP contribution in [0.4, 0.5) is 5.82 Å². The molecule has 0 saturated heterocycles. The molecule has 3 rings (SSSR count). The topological polar surface area (TPSA) is 68.3 Å². The number of rotatable bonds is 4. The van der Waals surface area contributed by atoms with Gasteiger partial charge in [0.1, 0.15) is 5.75 Å². The number of ether oxygens (including phenoxy) is 1. The molecule has 21 heavy (non-hydrogen) atoms. The molecule has 0 aliphatic heterocycles. The summed E-state index contributed by atoms with van der Waals surface area (Å²) in [4.78, 5) is 0.167. The molecule has 1 aromatic heterocycles. The maximum atomic E-state index is 12.4. The Balaban J connectivity index is 1.95. The van der Waals surface area contributed by atoms with Crippen molar-refractivity contribution in [3.63, 3.8) is 0 Å². The van der Waals surface area contributed by atoms with Gasteiger partial charge in [-0.05, 0) is 47.9 Å². The normalized spacial score (nSPS) is 11.5. The lowest BCUT2D eigenvalue weighted by Gasteiger charge is -2.07. The second-order valence-corrected chi connectivity index (χ2v) is 6.80. The highest BCUT2D eigenvalue weighted by Gasteiger charge is 2.17. The van der Waals surface area contributed by atoms with Gasteiger partial charge in [-0.1, -0.05) is 12.1 Å². The summed E-state index contributed by atoms with van der Waals surface area (Å²) in [6.45, 7) is 0. The van der Waals surface area contributed by atoms with E-state index in [1.54, 1.807) is 12.1 Å². The average molecular weight is 320 g/mol. The fourth-order valence-electron chi connectivity index (χ4n) is 1.90. The molecule has 0 aliphatic carbocycles. The van der Waals surface area contributed by atoms with Crippen molar-refractivity contribution in [2.45, 2.75) is 4.90 Å². The zero-order valence-electron chi connectivity index (χ0n) is 11.1. The minimum Gasteiger partial charge on any atom is -0.497 e. The van der Waals surface area contributed by atoms with E-state index in [1.807, 2.05) is 24.3 Å². The number of benzene rings is 2. The standard InChI is InChI=1S/C14H12N2O3S2/c1-19-10-6-8-11(9-7-10)21(17,18)16-14-12-4-2-3-5-13(12)20-15-14/h2-9H,1H3,(H,15,16). The Hall–Kier alpha value is -2.12. The van der Waals surface area contributed by atoms with Gasteiger partial charge in [0.25, 0.3) is 10.0 Å². The molecule has 1 N–H and O–H groups in total. The molecule has 0 atom stereocenters. The number of nitrogens with one attached hydrogen (secondary N) is 1. The van der Waals surface area contributed by atoms with E-state index in [4.69, 9.17) is 4.74 Å². The number of hydrogen-bond acceptors (Lipinski definition) is 5. The lowest BCUT2D eigenvalue weighted by Crippen LogP contribution is -2.13. The van der Waals surface area contributed by atoms with Crippen LogP contribution in [0.1, 0.15) is 0 Å². The Labute approximate surface area is 126 Å². The molecule has 3 aromatic rings. The Morgan fingerprint density at radius 1 is 1.10 bits per heavy atom. The van der Waals surface area contributed by atoms with Gasteiger partial charge in [0.15, 0.2) is 5.82 Å². The van der Waals surface area contributed by atoms with Crippen molar-refractivity contribution in [1.82, 2.24) is 4.37 Å². The quantitative estimate of drug-likeness (QED) is 0.802. The highest BCUT2D eigenvalue weighted by atomic mass is 32.2. The number of fused-ring (bicyclic) bond motifs is 1. The summed E-state index contributed by atoms with van der Waals surface area (Å²) in [7, 11) is -2.13. The molecule has 2 aromatic carbocycles. The van der Waals surface area contributed by atoms with E-state index in [2.05, 4.69) is 9.10 Å². The second-order valence-electron chi connectivity index (χ2n) is 4.31. The number of aromatic nitrogens is 1. The van der Waals surface area contributed by atoms with Crippen molar-refractivity contribution in [3.05, 3.63) is 48.5 Å². The molecule has 0 unspecified atom stereocenters. The summed E-state index contributed by atoms with van der Waals surface area (Å²) in [5, 5.41) is 0.791. The van der Waals surface area contributed by atoms with Crippen LogP contribution in [0.25, 0.3) is 10.1 Å². The summed E-state index contributed by atoms with van der Waals surface area (Å²) in [5.74, 6) is 0.958. The zero-order chi connectivity index (χ0) is 14.9. The number of methoxy groups -OCH3 is 1. The van der Waals surface area contributed by atoms with E-state index in [0.717, 1.165) is 10.1 Å². The summed E-state index contributed by atoms with van der Waals surface area (Å²) >= 11 is 1.26. The second kappa shape index (κ2) is 5.34. The molecule has 0 spiro atoms. The third-order valence-electron chi connectivity index (χ3n) is 2.98. The average Bonchev–Trinajstić information content (AvgIpc) is 2.90. The summed E-state index contributed by atoms with van der Waals surface area (Å²) in [5.41, 5.74) is 0. The maximum Gasteiger partial charge on any atom is 0.263 e. The van der Waals surface area contributed by atoms with Gasteiger partial charge < -0.3 is 4.74 Å². The molecular formula is C14H12N2O3S2. The predicted molar refractivity (Wildman–Crippen MR) is 83.4 cm³/mol. The van der Waals surface area contributed by atoms with Crippen LogP contribution in [0.3, 0.4) is 0 Å². The van der Waals surface area contributed by atoms with Crippen LogP contribution in [-0.4, -0.2) is 19.9 Å². The number of sulfonamides is 1. The maximum absolute atomic E-state index is 12.4. The van der Waals surface area contributed by atoms with Crippen LogP contribution in [0, 0.1) is 0 Å². The van der Waals surface area contributed by atoms with Crippen LogP contribution in [-0.2, 0) is 10.0 Å². The number of hydrogen-bond donors (Lipinski definition) is 1. The van der Waals surface area contributed by atoms with Crippen LogP contribution in [0.15, 0.2) is 53.4 Å². The van der Waals surface area contributed by atoms with Crippen molar-refractivity contribution in [2.24, 2.45) is 0 Å². The van der Waals surface area contributed by atoms with Gasteiger partial charge in [-0.2, -0.15) is 4.37 Å². The summed E-state index contributed by atoms with van der Waals surface area (Å²) in [6.07, 6.45) is 0. The van der Waals surface area contributed by atoms with Crippen LogP contribution in [0.2, 0.25) is 0 Å². The fourth-order valence-corrected chi connectivity index (χ4v) is 3.72. The van der Waals surface area contributed by atoms with E-state index in [1.165, 1.54) is 30.8 Å². The molecule has 0 bridgehead atoms.